The number of nitrogens with one attached hydrogen (secondary N) is 1. The zero-order valence-corrected chi connectivity index (χ0v) is 10.8. The summed E-state index contributed by atoms with van der Waals surface area (Å²) in [5, 5.41) is 7.44. The number of alkyl halides is 2. The third-order valence-electron chi connectivity index (χ3n) is 2.84. The minimum Gasteiger partial charge on any atom is -0.311 e. The van der Waals surface area contributed by atoms with Crippen LogP contribution >= 0.6 is 0 Å². The average molecular weight is 265 g/mol. The van der Waals surface area contributed by atoms with Gasteiger partial charge in [-0.2, -0.15) is 5.10 Å². The fourth-order valence-electron chi connectivity index (χ4n) is 1.80. The van der Waals surface area contributed by atoms with Gasteiger partial charge < -0.3 is 5.32 Å². The molecule has 0 aliphatic heterocycles. The Bertz CT molecular complexity index is 506. The standard InChI is InChI=1S/C14H17F2N3/c1-11-8-18-19(10-11)7-6-17-9-12-2-4-13(5-3-12)14(15)16/h2-5,8,10,14,17H,6-7,9H2,1H3. The minimum atomic E-state index is -2.40. The van der Waals surface area contributed by atoms with E-state index in [1.807, 2.05) is 24.0 Å². The summed E-state index contributed by atoms with van der Waals surface area (Å²) in [4.78, 5) is 0. The molecule has 0 aliphatic carbocycles. The molecule has 0 atom stereocenters. The smallest absolute Gasteiger partial charge is 0.263 e. The van der Waals surface area contributed by atoms with Gasteiger partial charge in [-0.3, -0.25) is 4.68 Å². The molecule has 0 radical (unpaired) electrons. The highest BCUT2D eigenvalue weighted by Gasteiger charge is 2.05. The molecule has 2 rings (SSSR count). The second-order valence-corrected chi connectivity index (χ2v) is 4.50. The van der Waals surface area contributed by atoms with E-state index in [9.17, 15) is 8.78 Å². The van der Waals surface area contributed by atoms with Crippen molar-refractivity contribution in [1.29, 1.82) is 0 Å². The van der Waals surface area contributed by atoms with Gasteiger partial charge in [-0.25, -0.2) is 8.78 Å². The van der Waals surface area contributed by atoms with E-state index in [0.717, 1.165) is 24.2 Å². The van der Waals surface area contributed by atoms with Crippen molar-refractivity contribution in [2.24, 2.45) is 0 Å². The molecule has 1 N–H and O–H groups in total. The van der Waals surface area contributed by atoms with Gasteiger partial charge in [-0.15, -0.1) is 0 Å². The summed E-state index contributed by atoms with van der Waals surface area (Å²) in [6.45, 7) is 4.26. The van der Waals surface area contributed by atoms with Gasteiger partial charge in [0.2, 0.25) is 0 Å². The van der Waals surface area contributed by atoms with Crippen molar-refractivity contribution in [2.75, 3.05) is 6.54 Å². The lowest BCUT2D eigenvalue weighted by Crippen LogP contribution is -2.19. The lowest BCUT2D eigenvalue weighted by Gasteiger charge is -2.06. The van der Waals surface area contributed by atoms with Crippen LogP contribution in [-0.4, -0.2) is 16.3 Å². The molecule has 0 aliphatic rings. The Morgan fingerprint density at radius 2 is 2.00 bits per heavy atom. The van der Waals surface area contributed by atoms with Gasteiger partial charge in [0.1, 0.15) is 0 Å². The van der Waals surface area contributed by atoms with Crippen LogP contribution in [0.1, 0.15) is 23.1 Å². The van der Waals surface area contributed by atoms with Crippen molar-refractivity contribution in [3.8, 4) is 0 Å². The molecule has 0 unspecified atom stereocenters. The molecular formula is C14H17F2N3. The highest BCUT2D eigenvalue weighted by atomic mass is 19.3. The maximum absolute atomic E-state index is 12.4. The molecule has 0 bridgehead atoms. The Morgan fingerprint density at radius 1 is 1.26 bits per heavy atom. The largest absolute Gasteiger partial charge is 0.311 e. The molecule has 19 heavy (non-hydrogen) atoms. The molecule has 0 saturated carbocycles. The van der Waals surface area contributed by atoms with E-state index in [1.165, 1.54) is 12.1 Å². The van der Waals surface area contributed by atoms with E-state index in [-0.39, 0.29) is 5.56 Å². The molecule has 0 amide bonds. The normalized spacial score (nSPS) is 11.2. The summed E-state index contributed by atoms with van der Waals surface area (Å²) < 4.78 is 26.6. The van der Waals surface area contributed by atoms with E-state index >= 15 is 0 Å². The Kier molecular flexibility index (Phi) is 4.63. The van der Waals surface area contributed by atoms with E-state index in [2.05, 4.69) is 10.4 Å². The summed E-state index contributed by atoms with van der Waals surface area (Å²) in [5.41, 5.74) is 2.21. The topological polar surface area (TPSA) is 29.9 Å². The number of halogens is 2. The van der Waals surface area contributed by atoms with Gasteiger partial charge in [0.05, 0.1) is 12.7 Å². The molecule has 1 aromatic heterocycles. The van der Waals surface area contributed by atoms with Gasteiger partial charge in [0.25, 0.3) is 6.43 Å². The van der Waals surface area contributed by atoms with Gasteiger partial charge in [-0.05, 0) is 18.1 Å². The average Bonchev–Trinajstić information content (AvgIpc) is 2.81. The number of aromatic nitrogens is 2. The van der Waals surface area contributed by atoms with Crippen LogP contribution < -0.4 is 5.32 Å². The van der Waals surface area contributed by atoms with Crippen molar-refractivity contribution >= 4 is 0 Å². The number of benzene rings is 1. The van der Waals surface area contributed by atoms with Gasteiger partial charge in [0.15, 0.2) is 0 Å². The van der Waals surface area contributed by atoms with Crippen molar-refractivity contribution in [3.05, 3.63) is 53.3 Å². The molecule has 0 spiro atoms. The van der Waals surface area contributed by atoms with Crippen LogP contribution in [0.3, 0.4) is 0 Å². The zero-order chi connectivity index (χ0) is 13.7. The van der Waals surface area contributed by atoms with Crippen molar-refractivity contribution in [1.82, 2.24) is 15.1 Å². The molecule has 102 valence electrons. The van der Waals surface area contributed by atoms with Crippen LogP contribution in [0.15, 0.2) is 36.7 Å². The van der Waals surface area contributed by atoms with E-state index in [0.29, 0.717) is 6.54 Å². The van der Waals surface area contributed by atoms with Crippen molar-refractivity contribution in [3.63, 3.8) is 0 Å². The highest BCUT2D eigenvalue weighted by Crippen LogP contribution is 2.18. The summed E-state index contributed by atoms with van der Waals surface area (Å²) in [5.74, 6) is 0. The third-order valence-corrected chi connectivity index (χ3v) is 2.84. The molecule has 2 aromatic rings. The van der Waals surface area contributed by atoms with Gasteiger partial charge in [-0.1, -0.05) is 24.3 Å². The van der Waals surface area contributed by atoms with E-state index < -0.39 is 6.43 Å². The fraction of sp³-hybridized carbons (Fsp3) is 0.357. The lowest BCUT2D eigenvalue weighted by atomic mass is 10.1. The van der Waals surface area contributed by atoms with Crippen LogP contribution in [0.4, 0.5) is 8.78 Å². The van der Waals surface area contributed by atoms with E-state index in [1.54, 1.807) is 12.1 Å². The summed E-state index contributed by atoms with van der Waals surface area (Å²) in [6.07, 6.45) is 1.41. The summed E-state index contributed by atoms with van der Waals surface area (Å²) in [7, 11) is 0. The van der Waals surface area contributed by atoms with Crippen LogP contribution in [0.2, 0.25) is 0 Å². The fourth-order valence-corrected chi connectivity index (χ4v) is 1.80. The van der Waals surface area contributed by atoms with Gasteiger partial charge in [0, 0.05) is 24.8 Å². The van der Waals surface area contributed by atoms with Crippen LogP contribution in [0.25, 0.3) is 0 Å². The number of nitrogens with zero attached hydrogens (tertiary/aromatic N) is 2. The van der Waals surface area contributed by atoms with Crippen LogP contribution in [0.5, 0.6) is 0 Å². The molecule has 0 fully saturated rings. The second kappa shape index (κ2) is 6.43. The molecule has 3 nitrogen and oxygen atoms in total. The monoisotopic (exact) mass is 265 g/mol. The molecule has 1 heterocycles. The number of aryl methyl sites for hydroxylation is 1. The molecule has 0 saturated heterocycles. The second-order valence-electron chi connectivity index (χ2n) is 4.50. The highest BCUT2D eigenvalue weighted by molar-refractivity contribution is 5.23. The zero-order valence-electron chi connectivity index (χ0n) is 10.8. The van der Waals surface area contributed by atoms with Gasteiger partial charge >= 0.3 is 0 Å². The van der Waals surface area contributed by atoms with Crippen LogP contribution in [-0.2, 0) is 13.1 Å². The first-order valence-electron chi connectivity index (χ1n) is 6.22. The number of rotatable bonds is 6. The Morgan fingerprint density at radius 3 is 2.58 bits per heavy atom. The first-order chi connectivity index (χ1) is 9.15. The molecule has 1 aromatic carbocycles. The van der Waals surface area contributed by atoms with Crippen molar-refractivity contribution in [2.45, 2.75) is 26.4 Å². The maximum atomic E-state index is 12.4. The number of hydrogen-bond donors (Lipinski definition) is 1. The number of hydrogen-bond acceptors (Lipinski definition) is 2. The quantitative estimate of drug-likeness (QED) is 0.814. The Hall–Kier alpha value is -1.75. The molecule has 5 heteroatoms. The predicted octanol–water partition coefficient (Wildman–Crippen LogP) is 2.92. The molecular weight excluding hydrogens is 248 g/mol. The lowest BCUT2D eigenvalue weighted by molar-refractivity contribution is 0.151. The maximum Gasteiger partial charge on any atom is 0.263 e. The third kappa shape index (κ3) is 4.13. The van der Waals surface area contributed by atoms with Crippen molar-refractivity contribution < 1.29 is 8.78 Å². The van der Waals surface area contributed by atoms with Crippen LogP contribution in [0, 0.1) is 6.92 Å². The first-order valence-corrected chi connectivity index (χ1v) is 6.22. The Balaban J connectivity index is 1.73. The SMILES string of the molecule is Cc1cnn(CCNCc2ccc(C(F)F)cc2)c1. The summed E-state index contributed by atoms with van der Waals surface area (Å²) >= 11 is 0. The predicted molar refractivity (Wildman–Crippen MR) is 70.1 cm³/mol. The summed E-state index contributed by atoms with van der Waals surface area (Å²) in [6, 6.07) is 6.40. The Labute approximate surface area is 111 Å². The first kappa shape index (κ1) is 13.7. The minimum absolute atomic E-state index is 0.0655. The van der Waals surface area contributed by atoms with E-state index in [4.69, 9.17) is 0 Å².